The van der Waals surface area contributed by atoms with Gasteiger partial charge in [-0.05, 0) is 36.8 Å². The van der Waals surface area contributed by atoms with Crippen molar-refractivity contribution in [3.05, 3.63) is 42.1 Å². The molecule has 0 bridgehead atoms. The van der Waals surface area contributed by atoms with E-state index in [2.05, 4.69) is 18.0 Å². The number of anilines is 1. The van der Waals surface area contributed by atoms with E-state index in [9.17, 15) is 0 Å². The average molecular weight is 172 g/mol. The summed E-state index contributed by atoms with van der Waals surface area (Å²) in [7, 11) is 0. The van der Waals surface area contributed by atoms with Gasteiger partial charge in [0, 0.05) is 23.1 Å². The van der Waals surface area contributed by atoms with Gasteiger partial charge in [-0.2, -0.15) is 0 Å². The summed E-state index contributed by atoms with van der Waals surface area (Å²) in [5, 5.41) is 0. The summed E-state index contributed by atoms with van der Waals surface area (Å²) >= 11 is 0. The van der Waals surface area contributed by atoms with Crippen LogP contribution >= 0.6 is 0 Å². The largest absolute Gasteiger partial charge is 0.399 e. The van der Waals surface area contributed by atoms with Crippen molar-refractivity contribution in [3.63, 3.8) is 0 Å². The summed E-state index contributed by atoms with van der Waals surface area (Å²) in [6.07, 6.45) is 1.92. The van der Waals surface area contributed by atoms with Crippen LogP contribution in [-0.4, -0.2) is 4.98 Å². The van der Waals surface area contributed by atoms with E-state index in [0.717, 1.165) is 11.4 Å². The molecule has 3 N–H and O–H groups in total. The van der Waals surface area contributed by atoms with Crippen LogP contribution < -0.4 is 5.73 Å². The first-order valence-electron chi connectivity index (χ1n) is 4.27. The van der Waals surface area contributed by atoms with Gasteiger partial charge in [0.2, 0.25) is 0 Å². The normalized spacial score (nSPS) is 10.2. The number of nitrogens with one attached hydrogen (secondary N) is 1. The van der Waals surface area contributed by atoms with Crippen LogP contribution in [0.15, 0.2) is 36.5 Å². The molecular formula is C11H12N2. The number of rotatable bonds is 1. The van der Waals surface area contributed by atoms with Crippen LogP contribution in [0.2, 0.25) is 0 Å². The summed E-state index contributed by atoms with van der Waals surface area (Å²) in [5.74, 6) is 0. The van der Waals surface area contributed by atoms with Crippen molar-refractivity contribution in [2.75, 3.05) is 5.73 Å². The summed E-state index contributed by atoms with van der Waals surface area (Å²) in [5.41, 5.74) is 10.0. The summed E-state index contributed by atoms with van der Waals surface area (Å²) in [6, 6.07) is 9.99. The topological polar surface area (TPSA) is 41.8 Å². The maximum atomic E-state index is 5.67. The molecule has 0 saturated heterocycles. The Morgan fingerprint density at radius 3 is 2.69 bits per heavy atom. The summed E-state index contributed by atoms with van der Waals surface area (Å²) in [6.45, 7) is 2.06. The maximum Gasteiger partial charge on any atom is 0.0456 e. The van der Waals surface area contributed by atoms with Crippen molar-refractivity contribution in [2.45, 2.75) is 6.92 Å². The number of hydrogen-bond acceptors (Lipinski definition) is 1. The Morgan fingerprint density at radius 2 is 2.08 bits per heavy atom. The van der Waals surface area contributed by atoms with E-state index in [1.807, 2.05) is 30.5 Å². The molecule has 0 aliphatic rings. The lowest BCUT2D eigenvalue weighted by Crippen LogP contribution is -1.88. The van der Waals surface area contributed by atoms with Crippen molar-refractivity contribution in [1.82, 2.24) is 4.98 Å². The summed E-state index contributed by atoms with van der Waals surface area (Å²) in [4.78, 5) is 3.17. The van der Waals surface area contributed by atoms with Gasteiger partial charge in [0.15, 0.2) is 0 Å². The molecule has 2 rings (SSSR count). The molecule has 2 nitrogen and oxygen atoms in total. The Morgan fingerprint density at radius 1 is 1.23 bits per heavy atom. The molecule has 0 fully saturated rings. The van der Waals surface area contributed by atoms with Gasteiger partial charge in [-0.3, -0.25) is 0 Å². The third kappa shape index (κ3) is 1.43. The molecule has 0 amide bonds. The first kappa shape index (κ1) is 7.92. The van der Waals surface area contributed by atoms with E-state index < -0.39 is 0 Å². The molecule has 0 aliphatic heterocycles. The first-order valence-corrected chi connectivity index (χ1v) is 4.27. The Labute approximate surface area is 77.4 Å². The van der Waals surface area contributed by atoms with Crippen molar-refractivity contribution in [1.29, 1.82) is 0 Å². The number of nitrogen functional groups attached to an aromatic ring is 1. The highest BCUT2D eigenvalue weighted by molar-refractivity contribution is 5.66. The number of aryl methyl sites for hydroxylation is 1. The quantitative estimate of drug-likeness (QED) is 0.638. The van der Waals surface area contributed by atoms with Crippen molar-refractivity contribution in [2.24, 2.45) is 0 Å². The number of H-pyrrole nitrogens is 1. The zero-order valence-electron chi connectivity index (χ0n) is 7.54. The average Bonchev–Trinajstić information content (AvgIpc) is 2.56. The lowest BCUT2D eigenvalue weighted by atomic mass is 10.1. The molecule has 0 unspecified atom stereocenters. The molecule has 0 saturated carbocycles. The van der Waals surface area contributed by atoms with Crippen LogP contribution in [0.25, 0.3) is 11.3 Å². The molecule has 1 aromatic heterocycles. The Kier molecular flexibility index (Phi) is 1.81. The van der Waals surface area contributed by atoms with E-state index in [1.165, 1.54) is 11.1 Å². The predicted octanol–water partition coefficient (Wildman–Crippen LogP) is 2.57. The fourth-order valence-corrected chi connectivity index (χ4v) is 1.49. The van der Waals surface area contributed by atoms with E-state index in [0.29, 0.717) is 0 Å². The minimum absolute atomic E-state index is 0.813. The Hall–Kier alpha value is -1.70. The molecule has 13 heavy (non-hydrogen) atoms. The number of aromatic amines is 1. The molecule has 0 atom stereocenters. The Balaban J connectivity index is 2.53. The number of nitrogens with two attached hydrogens (primary N) is 1. The highest BCUT2D eigenvalue weighted by Crippen LogP contribution is 2.22. The zero-order chi connectivity index (χ0) is 9.26. The van der Waals surface area contributed by atoms with Crippen LogP contribution in [0.4, 0.5) is 5.69 Å². The molecule has 1 aromatic carbocycles. The standard InChI is InChI=1S/C11H12N2/c1-8-7-9(12)4-5-10(8)11-3-2-6-13-11/h2-7,13H,12H2,1H3. The second-order valence-electron chi connectivity index (χ2n) is 3.16. The van der Waals surface area contributed by atoms with E-state index in [-0.39, 0.29) is 0 Å². The lowest BCUT2D eigenvalue weighted by molar-refractivity contribution is 1.37. The molecule has 2 heteroatoms. The van der Waals surface area contributed by atoms with Crippen molar-refractivity contribution >= 4 is 5.69 Å². The predicted molar refractivity (Wildman–Crippen MR) is 55.4 cm³/mol. The van der Waals surface area contributed by atoms with E-state index in [4.69, 9.17) is 5.73 Å². The monoisotopic (exact) mass is 172 g/mol. The molecule has 0 spiro atoms. The van der Waals surface area contributed by atoms with Crippen molar-refractivity contribution < 1.29 is 0 Å². The highest BCUT2D eigenvalue weighted by atomic mass is 14.7. The van der Waals surface area contributed by atoms with Gasteiger partial charge in [0.1, 0.15) is 0 Å². The third-order valence-corrected chi connectivity index (χ3v) is 2.14. The van der Waals surface area contributed by atoms with E-state index >= 15 is 0 Å². The van der Waals surface area contributed by atoms with E-state index in [1.54, 1.807) is 0 Å². The molecule has 0 radical (unpaired) electrons. The van der Waals surface area contributed by atoms with Gasteiger partial charge in [-0.15, -0.1) is 0 Å². The minimum atomic E-state index is 0.813. The lowest BCUT2D eigenvalue weighted by Gasteiger charge is -2.03. The maximum absolute atomic E-state index is 5.67. The zero-order valence-corrected chi connectivity index (χ0v) is 7.54. The molecule has 66 valence electrons. The second-order valence-corrected chi connectivity index (χ2v) is 3.16. The second kappa shape index (κ2) is 2.98. The van der Waals surface area contributed by atoms with Gasteiger partial charge in [-0.1, -0.05) is 6.07 Å². The van der Waals surface area contributed by atoms with Crippen LogP contribution in [0.1, 0.15) is 5.56 Å². The fraction of sp³-hybridized carbons (Fsp3) is 0.0909. The number of aromatic nitrogens is 1. The van der Waals surface area contributed by atoms with Gasteiger partial charge in [-0.25, -0.2) is 0 Å². The van der Waals surface area contributed by atoms with Gasteiger partial charge in [0.25, 0.3) is 0 Å². The summed E-state index contributed by atoms with van der Waals surface area (Å²) < 4.78 is 0. The van der Waals surface area contributed by atoms with Gasteiger partial charge >= 0.3 is 0 Å². The SMILES string of the molecule is Cc1cc(N)ccc1-c1ccc[nH]1. The van der Waals surface area contributed by atoms with Crippen molar-refractivity contribution in [3.8, 4) is 11.3 Å². The fourth-order valence-electron chi connectivity index (χ4n) is 1.49. The molecule has 0 aliphatic carbocycles. The van der Waals surface area contributed by atoms with Crippen LogP contribution in [0.3, 0.4) is 0 Å². The van der Waals surface area contributed by atoms with Crippen LogP contribution in [-0.2, 0) is 0 Å². The minimum Gasteiger partial charge on any atom is -0.399 e. The molecular weight excluding hydrogens is 160 g/mol. The Bertz CT molecular complexity index is 402. The van der Waals surface area contributed by atoms with Gasteiger partial charge < -0.3 is 10.7 Å². The number of hydrogen-bond donors (Lipinski definition) is 2. The molecule has 2 aromatic rings. The number of benzene rings is 1. The van der Waals surface area contributed by atoms with Crippen LogP contribution in [0.5, 0.6) is 0 Å². The van der Waals surface area contributed by atoms with Crippen LogP contribution in [0, 0.1) is 6.92 Å². The molecule has 1 heterocycles. The van der Waals surface area contributed by atoms with Gasteiger partial charge in [0.05, 0.1) is 0 Å². The third-order valence-electron chi connectivity index (χ3n) is 2.14. The highest BCUT2D eigenvalue weighted by Gasteiger charge is 2.01. The smallest absolute Gasteiger partial charge is 0.0456 e. The first-order chi connectivity index (χ1) is 6.27.